The lowest BCUT2D eigenvalue weighted by Gasteiger charge is -2.06. The van der Waals surface area contributed by atoms with E-state index in [1.807, 2.05) is 18.2 Å². The minimum atomic E-state index is -1.56. The summed E-state index contributed by atoms with van der Waals surface area (Å²) in [5.41, 5.74) is 0.799. The fraction of sp³-hybridized carbons (Fsp3) is 0.364. The Hall–Kier alpha value is -1.38. The second-order valence-electron chi connectivity index (χ2n) is 2.91. The molecule has 0 N–H and O–H groups in total. The lowest BCUT2D eigenvalue weighted by molar-refractivity contribution is -0.149. The van der Waals surface area contributed by atoms with Gasteiger partial charge in [-0.3, -0.25) is 0 Å². The second-order valence-corrected chi connectivity index (χ2v) is 2.91. The van der Waals surface area contributed by atoms with Crippen LogP contribution in [0.4, 0.5) is 4.39 Å². The quantitative estimate of drug-likeness (QED) is 0.689. The van der Waals surface area contributed by atoms with E-state index >= 15 is 0 Å². The zero-order chi connectivity index (χ0) is 10.4. The number of halogens is 1. The number of rotatable bonds is 4. The molecule has 1 aromatic carbocycles. The molecule has 0 bridgehead atoms. The van der Waals surface area contributed by atoms with Gasteiger partial charge in [0.1, 0.15) is 0 Å². The van der Waals surface area contributed by atoms with Gasteiger partial charge in [0.25, 0.3) is 0 Å². The van der Waals surface area contributed by atoms with Crippen molar-refractivity contribution >= 4 is 5.97 Å². The highest BCUT2D eigenvalue weighted by Gasteiger charge is 2.18. The molecule has 14 heavy (non-hydrogen) atoms. The number of hydrogen-bond acceptors (Lipinski definition) is 2. The third-order valence-corrected chi connectivity index (χ3v) is 1.80. The molecule has 0 aromatic heterocycles. The molecule has 1 rings (SSSR count). The van der Waals surface area contributed by atoms with Crippen molar-refractivity contribution in [3.05, 3.63) is 35.9 Å². The summed E-state index contributed by atoms with van der Waals surface area (Å²) >= 11 is 0. The number of hydrogen-bond donors (Lipinski definition) is 0. The number of benzene rings is 1. The van der Waals surface area contributed by atoms with E-state index < -0.39 is 12.1 Å². The monoisotopic (exact) mass is 196 g/mol. The van der Waals surface area contributed by atoms with Crippen molar-refractivity contribution in [1.29, 1.82) is 0 Å². The van der Waals surface area contributed by atoms with Gasteiger partial charge in [0, 0.05) is 6.42 Å². The SMILES string of the molecule is CCOC(=O)[C@H](F)Cc1ccccc1. The summed E-state index contributed by atoms with van der Waals surface area (Å²) in [4.78, 5) is 11.0. The maximum absolute atomic E-state index is 13.2. The van der Waals surface area contributed by atoms with Gasteiger partial charge in [-0.05, 0) is 12.5 Å². The molecule has 2 nitrogen and oxygen atoms in total. The first kappa shape index (κ1) is 10.7. The molecule has 0 spiro atoms. The highest BCUT2D eigenvalue weighted by Crippen LogP contribution is 2.07. The Morgan fingerprint density at radius 2 is 2.07 bits per heavy atom. The third kappa shape index (κ3) is 3.17. The lowest BCUT2D eigenvalue weighted by atomic mass is 10.1. The van der Waals surface area contributed by atoms with Crippen LogP contribution in [0.2, 0.25) is 0 Å². The Morgan fingerprint density at radius 1 is 1.43 bits per heavy atom. The number of carbonyl (C=O) groups excluding carboxylic acids is 1. The predicted molar refractivity (Wildman–Crippen MR) is 51.7 cm³/mol. The molecule has 0 heterocycles. The second kappa shape index (κ2) is 5.37. The van der Waals surface area contributed by atoms with E-state index in [1.165, 1.54) is 0 Å². The van der Waals surface area contributed by atoms with E-state index in [9.17, 15) is 9.18 Å². The molecular weight excluding hydrogens is 183 g/mol. The summed E-state index contributed by atoms with van der Waals surface area (Å²) in [6.07, 6.45) is -1.48. The summed E-state index contributed by atoms with van der Waals surface area (Å²) in [6.45, 7) is 1.88. The molecule has 0 saturated carbocycles. The molecule has 0 aliphatic carbocycles. The molecule has 3 heteroatoms. The zero-order valence-electron chi connectivity index (χ0n) is 8.07. The molecule has 76 valence electrons. The van der Waals surface area contributed by atoms with E-state index in [4.69, 9.17) is 0 Å². The molecule has 0 radical (unpaired) electrons. The van der Waals surface area contributed by atoms with Crippen LogP contribution in [-0.4, -0.2) is 18.7 Å². The van der Waals surface area contributed by atoms with Crippen LogP contribution in [0.3, 0.4) is 0 Å². The molecule has 1 atom stereocenters. The largest absolute Gasteiger partial charge is 0.464 e. The van der Waals surface area contributed by atoms with Gasteiger partial charge in [-0.1, -0.05) is 30.3 Å². The maximum atomic E-state index is 13.2. The number of ether oxygens (including phenoxy) is 1. The van der Waals surface area contributed by atoms with E-state index in [0.717, 1.165) is 5.56 Å². The van der Waals surface area contributed by atoms with E-state index in [2.05, 4.69) is 4.74 Å². The van der Waals surface area contributed by atoms with Gasteiger partial charge in [-0.15, -0.1) is 0 Å². The molecule has 0 aliphatic heterocycles. The van der Waals surface area contributed by atoms with Crippen LogP contribution in [-0.2, 0) is 16.0 Å². The molecular formula is C11H13FO2. The van der Waals surface area contributed by atoms with Crippen molar-refractivity contribution in [2.24, 2.45) is 0 Å². The lowest BCUT2D eigenvalue weighted by Crippen LogP contribution is -2.21. The Morgan fingerprint density at radius 3 is 2.64 bits per heavy atom. The van der Waals surface area contributed by atoms with Crippen molar-refractivity contribution in [1.82, 2.24) is 0 Å². The van der Waals surface area contributed by atoms with Crippen LogP contribution >= 0.6 is 0 Å². The van der Waals surface area contributed by atoms with Gasteiger partial charge in [-0.2, -0.15) is 0 Å². The average Bonchev–Trinajstić information content (AvgIpc) is 2.19. The molecule has 0 saturated heterocycles. The summed E-state index contributed by atoms with van der Waals surface area (Å²) < 4.78 is 17.8. The standard InChI is InChI=1S/C11H13FO2/c1-2-14-11(13)10(12)8-9-6-4-3-5-7-9/h3-7,10H,2,8H2,1H3/t10-/m1/s1. The summed E-state index contributed by atoms with van der Waals surface area (Å²) in [5.74, 6) is -0.781. The summed E-state index contributed by atoms with van der Waals surface area (Å²) in [6, 6.07) is 9.04. The van der Waals surface area contributed by atoms with Crippen LogP contribution in [0.1, 0.15) is 12.5 Å². The topological polar surface area (TPSA) is 26.3 Å². The Bertz CT molecular complexity index is 285. The van der Waals surface area contributed by atoms with Gasteiger partial charge in [0.05, 0.1) is 6.61 Å². The van der Waals surface area contributed by atoms with Gasteiger partial charge in [0.15, 0.2) is 0 Å². The van der Waals surface area contributed by atoms with Crippen molar-refractivity contribution < 1.29 is 13.9 Å². The number of esters is 1. The van der Waals surface area contributed by atoms with Crippen molar-refractivity contribution in [2.75, 3.05) is 6.61 Å². The predicted octanol–water partition coefficient (Wildman–Crippen LogP) is 2.13. The van der Waals surface area contributed by atoms with E-state index in [-0.39, 0.29) is 13.0 Å². The summed E-state index contributed by atoms with van der Waals surface area (Å²) in [5, 5.41) is 0. The highest BCUT2D eigenvalue weighted by atomic mass is 19.1. The molecule has 0 amide bonds. The number of carbonyl (C=O) groups is 1. The van der Waals surface area contributed by atoms with Crippen LogP contribution in [0.15, 0.2) is 30.3 Å². The smallest absolute Gasteiger partial charge is 0.341 e. The third-order valence-electron chi connectivity index (χ3n) is 1.80. The first-order valence-electron chi connectivity index (χ1n) is 4.58. The minimum Gasteiger partial charge on any atom is -0.464 e. The Labute approximate surface area is 82.7 Å². The van der Waals surface area contributed by atoms with Crippen LogP contribution in [0.25, 0.3) is 0 Å². The summed E-state index contributed by atoms with van der Waals surface area (Å²) in [7, 11) is 0. The van der Waals surface area contributed by atoms with Crippen LogP contribution in [0, 0.1) is 0 Å². The first-order chi connectivity index (χ1) is 6.74. The van der Waals surface area contributed by atoms with Crippen LogP contribution < -0.4 is 0 Å². The van der Waals surface area contributed by atoms with E-state index in [0.29, 0.717) is 0 Å². The molecule has 1 aromatic rings. The molecule has 0 aliphatic rings. The van der Waals surface area contributed by atoms with Crippen LogP contribution in [0.5, 0.6) is 0 Å². The highest BCUT2D eigenvalue weighted by molar-refractivity contribution is 5.74. The van der Waals surface area contributed by atoms with E-state index in [1.54, 1.807) is 19.1 Å². The zero-order valence-corrected chi connectivity index (χ0v) is 8.07. The Kier molecular flexibility index (Phi) is 4.11. The van der Waals surface area contributed by atoms with Crippen molar-refractivity contribution in [3.63, 3.8) is 0 Å². The first-order valence-corrected chi connectivity index (χ1v) is 4.58. The molecule has 0 unspecified atom stereocenters. The van der Waals surface area contributed by atoms with Gasteiger partial charge >= 0.3 is 5.97 Å². The maximum Gasteiger partial charge on any atom is 0.341 e. The normalized spacial score (nSPS) is 12.1. The number of alkyl halides is 1. The fourth-order valence-electron chi connectivity index (χ4n) is 1.14. The Balaban J connectivity index is 2.49. The average molecular weight is 196 g/mol. The van der Waals surface area contributed by atoms with Gasteiger partial charge in [-0.25, -0.2) is 9.18 Å². The van der Waals surface area contributed by atoms with Gasteiger partial charge < -0.3 is 4.74 Å². The van der Waals surface area contributed by atoms with Gasteiger partial charge in [0.2, 0.25) is 6.17 Å². The van der Waals surface area contributed by atoms with Crippen molar-refractivity contribution in [2.45, 2.75) is 19.5 Å². The minimum absolute atomic E-state index is 0.0830. The molecule has 0 fully saturated rings. The fourth-order valence-corrected chi connectivity index (χ4v) is 1.14. The van der Waals surface area contributed by atoms with Crippen molar-refractivity contribution in [3.8, 4) is 0 Å².